The molecule has 0 saturated heterocycles. The van der Waals surface area contributed by atoms with Crippen molar-refractivity contribution >= 4 is 11.8 Å². The number of hydrogen-bond acceptors (Lipinski definition) is 3. The van der Waals surface area contributed by atoms with E-state index in [0.29, 0.717) is 18.8 Å². The molecule has 7 heteroatoms. The average molecular weight is 343 g/mol. The summed E-state index contributed by atoms with van der Waals surface area (Å²) in [7, 11) is 5.43. The Labute approximate surface area is 147 Å². The maximum Gasteiger partial charge on any atom is 0.270 e. The number of amides is 2. The standard InChI is InChI=1S/C18H25N5O2/c1-12-14(13(2)22(5)19-12)8-10-20(3)17(24)16-11-23-9-6-7-15(23)18(25)21(16)4/h6-7,9,16H,8,10-11H2,1-5H3. The van der Waals surface area contributed by atoms with Crippen molar-refractivity contribution in [2.24, 2.45) is 7.05 Å². The second-order valence-corrected chi connectivity index (χ2v) is 6.76. The highest BCUT2D eigenvalue weighted by Gasteiger charge is 2.35. The van der Waals surface area contributed by atoms with E-state index in [4.69, 9.17) is 0 Å². The van der Waals surface area contributed by atoms with Gasteiger partial charge in [-0.15, -0.1) is 0 Å². The lowest BCUT2D eigenvalue weighted by molar-refractivity contribution is -0.135. The van der Waals surface area contributed by atoms with Crippen LogP contribution in [-0.2, 0) is 24.8 Å². The average Bonchev–Trinajstić information content (AvgIpc) is 3.14. The van der Waals surface area contributed by atoms with E-state index in [1.54, 1.807) is 30.0 Å². The van der Waals surface area contributed by atoms with Gasteiger partial charge in [0.15, 0.2) is 0 Å². The molecule has 0 fully saturated rings. The molecule has 1 aliphatic rings. The number of fused-ring (bicyclic) bond motifs is 1. The molecule has 0 spiro atoms. The molecule has 3 heterocycles. The molecule has 2 aromatic rings. The van der Waals surface area contributed by atoms with Crippen molar-refractivity contribution < 1.29 is 9.59 Å². The van der Waals surface area contributed by atoms with Crippen LogP contribution in [0.1, 0.15) is 27.4 Å². The molecular weight excluding hydrogens is 318 g/mol. The molecule has 0 aromatic carbocycles. The fourth-order valence-electron chi connectivity index (χ4n) is 3.47. The molecule has 1 unspecified atom stereocenters. The lowest BCUT2D eigenvalue weighted by Crippen LogP contribution is -2.53. The number of carbonyl (C=O) groups is 2. The predicted molar refractivity (Wildman–Crippen MR) is 94.3 cm³/mol. The normalized spacial score (nSPS) is 16.9. The molecule has 25 heavy (non-hydrogen) atoms. The van der Waals surface area contributed by atoms with Crippen molar-refractivity contribution in [3.05, 3.63) is 41.0 Å². The van der Waals surface area contributed by atoms with Crippen LogP contribution in [-0.4, -0.2) is 62.6 Å². The van der Waals surface area contributed by atoms with Crippen LogP contribution in [0.25, 0.3) is 0 Å². The van der Waals surface area contributed by atoms with Gasteiger partial charge in [-0.3, -0.25) is 14.3 Å². The fraction of sp³-hybridized carbons (Fsp3) is 0.500. The molecule has 1 atom stereocenters. The first-order valence-corrected chi connectivity index (χ1v) is 8.47. The first-order chi connectivity index (χ1) is 11.8. The molecule has 3 rings (SSSR count). The number of aromatic nitrogens is 3. The van der Waals surface area contributed by atoms with Gasteiger partial charge in [0.05, 0.1) is 12.2 Å². The highest BCUT2D eigenvalue weighted by atomic mass is 16.2. The monoisotopic (exact) mass is 343 g/mol. The zero-order chi connectivity index (χ0) is 18.3. The second-order valence-electron chi connectivity index (χ2n) is 6.76. The van der Waals surface area contributed by atoms with E-state index in [0.717, 1.165) is 17.8 Å². The Morgan fingerprint density at radius 3 is 2.72 bits per heavy atom. The highest BCUT2D eigenvalue weighted by Crippen LogP contribution is 2.19. The van der Waals surface area contributed by atoms with Crippen LogP contribution in [0.2, 0.25) is 0 Å². The Bertz CT molecular complexity index is 820. The molecular formula is C18H25N5O2. The molecule has 0 saturated carbocycles. The quantitative estimate of drug-likeness (QED) is 0.832. The number of rotatable bonds is 4. The van der Waals surface area contributed by atoms with Crippen LogP contribution in [0.5, 0.6) is 0 Å². The van der Waals surface area contributed by atoms with E-state index in [9.17, 15) is 9.59 Å². The third-order valence-electron chi connectivity index (χ3n) is 5.22. The Morgan fingerprint density at radius 2 is 2.08 bits per heavy atom. The van der Waals surface area contributed by atoms with Crippen molar-refractivity contribution in [2.75, 3.05) is 20.6 Å². The number of carbonyl (C=O) groups excluding carboxylic acids is 2. The molecule has 0 N–H and O–H groups in total. The zero-order valence-corrected chi connectivity index (χ0v) is 15.5. The first-order valence-electron chi connectivity index (χ1n) is 8.47. The van der Waals surface area contributed by atoms with E-state index in [-0.39, 0.29) is 11.8 Å². The minimum Gasteiger partial charge on any atom is -0.344 e. The van der Waals surface area contributed by atoms with Gasteiger partial charge in [0, 0.05) is 39.6 Å². The Morgan fingerprint density at radius 1 is 1.36 bits per heavy atom. The highest BCUT2D eigenvalue weighted by molar-refractivity contribution is 5.97. The summed E-state index contributed by atoms with van der Waals surface area (Å²) < 4.78 is 3.72. The van der Waals surface area contributed by atoms with Crippen molar-refractivity contribution in [3.63, 3.8) is 0 Å². The van der Waals surface area contributed by atoms with Gasteiger partial charge in [0.2, 0.25) is 5.91 Å². The van der Waals surface area contributed by atoms with Crippen LogP contribution in [0.3, 0.4) is 0 Å². The summed E-state index contributed by atoms with van der Waals surface area (Å²) in [4.78, 5) is 28.6. The molecule has 0 radical (unpaired) electrons. The van der Waals surface area contributed by atoms with Gasteiger partial charge in [0.1, 0.15) is 11.7 Å². The Kier molecular flexibility index (Phi) is 4.41. The van der Waals surface area contributed by atoms with Crippen LogP contribution in [0.4, 0.5) is 0 Å². The van der Waals surface area contributed by atoms with Gasteiger partial charge >= 0.3 is 0 Å². The molecule has 2 aromatic heterocycles. The van der Waals surface area contributed by atoms with Gasteiger partial charge in [0.25, 0.3) is 5.91 Å². The van der Waals surface area contributed by atoms with Crippen LogP contribution < -0.4 is 0 Å². The summed E-state index contributed by atoms with van der Waals surface area (Å²) in [5, 5.41) is 4.42. The minimum absolute atomic E-state index is 0.0330. The zero-order valence-electron chi connectivity index (χ0n) is 15.5. The van der Waals surface area contributed by atoms with Crippen molar-refractivity contribution in [1.29, 1.82) is 0 Å². The van der Waals surface area contributed by atoms with E-state index in [2.05, 4.69) is 5.10 Å². The molecule has 134 valence electrons. The summed E-state index contributed by atoms with van der Waals surface area (Å²) in [5.41, 5.74) is 3.95. The topological polar surface area (TPSA) is 63.4 Å². The number of aryl methyl sites for hydroxylation is 2. The van der Waals surface area contributed by atoms with Gasteiger partial charge in [-0.1, -0.05) is 0 Å². The van der Waals surface area contributed by atoms with Gasteiger partial charge in [-0.05, 0) is 38.0 Å². The van der Waals surface area contributed by atoms with Crippen LogP contribution in [0.15, 0.2) is 18.3 Å². The molecule has 0 bridgehead atoms. The van der Waals surface area contributed by atoms with Crippen LogP contribution in [0, 0.1) is 13.8 Å². The predicted octanol–water partition coefficient (Wildman–Crippen LogP) is 0.994. The second kappa shape index (κ2) is 6.38. The SMILES string of the molecule is Cc1nn(C)c(C)c1CCN(C)C(=O)C1Cn2cccc2C(=O)N1C. The lowest BCUT2D eigenvalue weighted by Gasteiger charge is -2.35. The number of hydrogen-bond donors (Lipinski definition) is 0. The van der Waals surface area contributed by atoms with Gasteiger partial charge < -0.3 is 14.4 Å². The lowest BCUT2D eigenvalue weighted by atomic mass is 10.1. The molecule has 2 amide bonds. The van der Waals surface area contributed by atoms with E-state index >= 15 is 0 Å². The molecule has 7 nitrogen and oxygen atoms in total. The number of likely N-dealkylation sites (N-methyl/N-ethyl adjacent to an activating group) is 2. The molecule has 0 aliphatic carbocycles. The maximum absolute atomic E-state index is 12.9. The summed E-state index contributed by atoms with van der Waals surface area (Å²) in [6.45, 7) is 5.13. The Hall–Kier alpha value is -2.57. The smallest absolute Gasteiger partial charge is 0.270 e. The number of nitrogens with zero attached hydrogens (tertiary/aromatic N) is 5. The summed E-state index contributed by atoms with van der Waals surface area (Å²) in [6.07, 6.45) is 2.61. The van der Waals surface area contributed by atoms with Crippen molar-refractivity contribution in [2.45, 2.75) is 32.9 Å². The third kappa shape index (κ3) is 2.94. The third-order valence-corrected chi connectivity index (χ3v) is 5.22. The first kappa shape index (κ1) is 17.3. The van der Waals surface area contributed by atoms with E-state index in [1.807, 2.05) is 42.4 Å². The van der Waals surface area contributed by atoms with E-state index < -0.39 is 6.04 Å². The van der Waals surface area contributed by atoms with E-state index in [1.165, 1.54) is 5.56 Å². The molecule has 1 aliphatic heterocycles. The fourth-order valence-corrected chi connectivity index (χ4v) is 3.47. The largest absolute Gasteiger partial charge is 0.344 e. The summed E-state index contributed by atoms with van der Waals surface area (Å²) in [6, 6.07) is 3.16. The van der Waals surface area contributed by atoms with Crippen LogP contribution >= 0.6 is 0 Å². The summed E-state index contributed by atoms with van der Waals surface area (Å²) in [5.74, 6) is -0.142. The maximum atomic E-state index is 12.9. The van der Waals surface area contributed by atoms with Crippen molar-refractivity contribution in [3.8, 4) is 0 Å². The Balaban J connectivity index is 1.69. The summed E-state index contributed by atoms with van der Waals surface area (Å²) >= 11 is 0. The van der Waals surface area contributed by atoms with Crippen molar-refractivity contribution in [1.82, 2.24) is 24.1 Å². The minimum atomic E-state index is -0.464. The van der Waals surface area contributed by atoms with Gasteiger partial charge in [-0.25, -0.2) is 0 Å². The van der Waals surface area contributed by atoms with Gasteiger partial charge in [-0.2, -0.15) is 5.10 Å².